The van der Waals surface area contributed by atoms with Gasteiger partial charge in [0.05, 0.1) is 12.4 Å². The highest BCUT2D eigenvalue weighted by molar-refractivity contribution is 5.81. The Morgan fingerprint density at radius 3 is 2.75 bits per heavy atom. The van der Waals surface area contributed by atoms with E-state index in [1.165, 1.54) is 7.11 Å². The van der Waals surface area contributed by atoms with E-state index in [9.17, 15) is 4.39 Å². The number of halogens is 1. The topological polar surface area (TPSA) is 21.6 Å². The molecule has 0 atom stereocenters. The molecule has 0 bridgehead atoms. The van der Waals surface area contributed by atoms with Crippen molar-refractivity contribution in [2.75, 3.05) is 13.8 Å². The lowest BCUT2D eigenvalue weighted by atomic mass is 10.3. The highest BCUT2D eigenvalue weighted by Crippen LogP contribution is 1.86. The van der Waals surface area contributed by atoms with Crippen LogP contribution in [0.1, 0.15) is 13.3 Å². The fourth-order valence-corrected chi connectivity index (χ4v) is 0.338. The monoisotopic (exact) mass is 119 g/mol. The fourth-order valence-electron chi connectivity index (χ4n) is 0.338. The number of nitrogens with zero attached hydrogens (tertiary/aromatic N) is 1. The number of hydrogen-bond acceptors (Lipinski definition) is 2. The van der Waals surface area contributed by atoms with Gasteiger partial charge < -0.3 is 4.84 Å². The molecule has 3 heteroatoms. The summed E-state index contributed by atoms with van der Waals surface area (Å²) < 4.78 is 11.4. The molecule has 0 unspecified atom stereocenters. The van der Waals surface area contributed by atoms with Gasteiger partial charge in [0.15, 0.2) is 0 Å². The Kier molecular flexibility index (Phi) is 4.21. The summed E-state index contributed by atoms with van der Waals surface area (Å²) in [6.45, 7) is 1.36. The van der Waals surface area contributed by atoms with Crippen LogP contribution in [0.3, 0.4) is 0 Å². The van der Waals surface area contributed by atoms with E-state index in [-0.39, 0.29) is 6.67 Å². The quantitative estimate of drug-likeness (QED) is 0.406. The van der Waals surface area contributed by atoms with Gasteiger partial charge in [-0.3, -0.25) is 4.39 Å². The molecule has 8 heavy (non-hydrogen) atoms. The van der Waals surface area contributed by atoms with Crippen molar-refractivity contribution in [3.63, 3.8) is 0 Å². The van der Waals surface area contributed by atoms with Crippen LogP contribution >= 0.6 is 0 Å². The van der Waals surface area contributed by atoms with Crippen LogP contribution in [0.15, 0.2) is 5.16 Å². The van der Waals surface area contributed by atoms with Crippen LogP contribution in [0, 0.1) is 0 Å². The van der Waals surface area contributed by atoms with E-state index in [4.69, 9.17) is 0 Å². The van der Waals surface area contributed by atoms with Crippen molar-refractivity contribution in [3.8, 4) is 0 Å². The zero-order valence-corrected chi connectivity index (χ0v) is 5.15. The van der Waals surface area contributed by atoms with E-state index in [2.05, 4.69) is 9.99 Å². The molecule has 0 aromatic rings. The van der Waals surface area contributed by atoms with Gasteiger partial charge in [-0.15, -0.1) is 0 Å². The Labute approximate surface area is 48.3 Å². The first-order valence-corrected chi connectivity index (χ1v) is 2.44. The van der Waals surface area contributed by atoms with Gasteiger partial charge in [0.25, 0.3) is 0 Å². The zero-order valence-electron chi connectivity index (χ0n) is 5.15. The molecule has 0 spiro atoms. The molecule has 0 rings (SSSR count). The molecule has 0 aromatic heterocycles. The second-order valence-corrected chi connectivity index (χ2v) is 1.45. The molecule has 0 N–H and O–H groups in total. The minimum Gasteiger partial charge on any atom is -0.399 e. The highest BCUT2D eigenvalue weighted by atomic mass is 19.1. The van der Waals surface area contributed by atoms with Crippen molar-refractivity contribution >= 4 is 5.71 Å². The van der Waals surface area contributed by atoms with Crippen molar-refractivity contribution in [2.45, 2.75) is 13.3 Å². The van der Waals surface area contributed by atoms with Gasteiger partial charge in [0, 0.05) is 6.42 Å². The summed E-state index contributed by atoms with van der Waals surface area (Å²) in [6, 6.07) is 0. The second kappa shape index (κ2) is 4.56. The molecule has 48 valence electrons. The molecular formula is C5H10FNO. The molecule has 0 saturated carbocycles. The third-order valence-corrected chi connectivity index (χ3v) is 0.703. The summed E-state index contributed by atoms with van der Waals surface area (Å²) in [4.78, 5) is 4.38. The predicted octanol–water partition coefficient (Wildman–Crippen LogP) is 1.37. The fraction of sp³-hybridized carbons (Fsp3) is 0.800. The van der Waals surface area contributed by atoms with Gasteiger partial charge in [-0.05, 0) is 6.92 Å². The molecule has 2 nitrogen and oxygen atoms in total. The molecule has 0 saturated heterocycles. The van der Waals surface area contributed by atoms with Crippen LogP contribution in [0.4, 0.5) is 4.39 Å². The van der Waals surface area contributed by atoms with E-state index in [0.717, 1.165) is 0 Å². The number of rotatable bonds is 3. The van der Waals surface area contributed by atoms with E-state index < -0.39 is 0 Å². The van der Waals surface area contributed by atoms with E-state index in [1.54, 1.807) is 6.92 Å². The normalized spacial score (nSPS) is 11.6. The molecule has 0 aliphatic rings. The lowest BCUT2D eigenvalue weighted by Gasteiger charge is -1.91. The minimum atomic E-state index is -0.362. The summed E-state index contributed by atoms with van der Waals surface area (Å²) in [7, 11) is 1.45. The first kappa shape index (κ1) is 7.40. The average molecular weight is 119 g/mol. The van der Waals surface area contributed by atoms with E-state index >= 15 is 0 Å². The molecule has 0 amide bonds. The molecule has 0 aromatic carbocycles. The van der Waals surface area contributed by atoms with Crippen LogP contribution < -0.4 is 0 Å². The van der Waals surface area contributed by atoms with Crippen LogP contribution in [0.2, 0.25) is 0 Å². The van der Waals surface area contributed by atoms with Crippen molar-refractivity contribution in [2.24, 2.45) is 5.16 Å². The lowest BCUT2D eigenvalue weighted by Crippen LogP contribution is -1.92. The predicted molar refractivity (Wildman–Crippen MR) is 30.7 cm³/mol. The smallest absolute Gasteiger partial charge is 0.106 e. The summed E-state index contributed by atoms with van der Waals surface area (Å²) in [5, 5.41) is 3.49. The number of alkyl halides is 1. The summed E-state index contributed by atoms with van der Waals surface area (Å²) in [5.74, 6) is 0. The van der Waals surface area contributed by atoms with Crippen molar-refractivity contribution in [1.29, 1.82) is 0 Å². The van der Waals surface area contributed by atoms with E-state index in [0.29, 0.717) is 12.1 Å². The molecule has 0 aliphatic heterocycles. The minimum absolute atomic E-state index is 0.362. The summed E-state index contributed by atoms with van der Waals surface area (Å²) in [6.07, 6.45) is 0.369. The van der Waals surface area contributed by atoms with Gasteiger partial charge in [-0.1, -0.05) is 5.16 Å². The molecule has 0 radical (unpaired) electrons. The highest BCUT2D eigenvalue weighted by Gasteiger charge is 1.87. The first-order valence-electron chi connectivity index (χ1n) is 2.44. The van der Waals surface area contributed by atoms with Gasteiger partial charge in [-0.2, -0.15) is 0 Å². The maximum atomic E-state index is 11.4. The van der Waals surface area contributed by atoms with Crippen molar-refractivity contribution in [1.82, 2.24) is 0 Å². The summed E-state index contributed by atoms with van der Waals surface area (Å²) >= 11 is 0. The van der Waals surface area contributed by atoms with Crippen LogP contribution in [0.5, 0.6) is 0 Å². The number of hydrogen-bond donors (Lipinski definition) is 0. The Bertz CT molecular complexity index is 82.5. The Morgan fingerprint density at radius 1 is 1.75 bits per heavy atom. The molecule has 0 fully saturated rings. The molecule has 0 aliphatic carbocycles. The lowest BCUT2D eigenvalue weighted by molar-refractivity contribution is 0.212. The van der Waals surface area contributed by atoms with Gasteiger partial charge in [0.2, 0.25) is 0 Å². The van der Waals surface area contributed by atoms with Gasteiger partial charge in [0.1, 0.15) is 7.11 Å². The van der Waals surface area contributed by atoms with Gasteiger partial charge in [-0.25, -0.2) is 0 Å². The van der Waals surface area contributed by atoms with Crippen LogP contribution in [0.25, 0.3) is 0 Å². The maximum absolute atomic E-state index is 11.4. The van der Waals surface area contributed by atoms with E-state index in [1.807, 2.05) is 0 Å². The zero-order chi connectivity index (χ0) is 6.41. The Balaban J connectivity index is 3.29. The third-order valence-electron chi connectivity index (χ3n) is 0.703. The third kappa shape index (κ3) is 3.59. The Hall–Kier alpha value is -0.600. The first-order chi connectivity index (χ1) is 3.81. The average Bonchev–Trinajstić information content (AvgIpc) is 1.68. The molecular weight excluding hydrogens is 109 g/mol. The number of oxime groups is 1. The maximum Gasteiger partial charge on any atom is 0.106 e. The van der Waals surface area contributed by atoms with Crippen LogP contribution in [-0.2, 0) is 4.84 Å². The van der Waals surface area contributed by atoms with Gasteiger partial charge >= 0.3 is 0 Å². The van der Waals surface area contributed by atoms with Crippen LogP contribution in [-0.4, -0.2) is 19.5 Å². The Morgan fingerprint density at radius 2 is 2.38 bits per heavy atom. The summed E-state index contributed by atoms with van der Waals surface area (Å²) in [5.41, 5.74) is 0.690. The second-order valence-electron chi connectivity index (χ2n) is 1.45. The molecule has 0 heterocycles. The SMILES string of the molecule is CO/N=C(\C)CCF. The van der Waals surface area contributed by atoms with Crippen molar-refractivity contribution in [3.05, 3.63) is 0 Å². The van der Waals surface area contributed by atoms with Crippen molar-refractivity contribution < 1.29 is 9.23 Å². The largest absolute Gasteiger partial charge is 0.399 e. The standard InChI is InChI=1S/C5H10FNO/c1-5(3-4-6)7-8-2/h3-4H2,1-2H3/b7-5+.